The van der Waals surface area contributed by atoms with E-state index in [0.29, 0.717) is 17.2 Å². The number of halogens is 1. The van der Waals surface area contributed by atoms with Gasteiger partial charge in [-0.3, -0.25) is 9.52 Å². The molecule has 1 aromatic heterocycles. The maximum Gasteiger partial charge on any atom is 0.229 e. The molecule has 138 valence electrons. The van der Waals surface area contributed by atoms with Gasteiger partial charge in [-0.2, -0.15) is 0 Å². The number of nitrogens with one attached hydrogen (secondary N) is 3. The molecule has 0 spiro atoms. The predicted octanol–water partition coefficient (Wildman–Crippen LogP) is 2.54. The molecule has 10 heteroatoms. The van der Waals surface area contributed by atoms with Crippen molar-refractivity contribution in [1.29, 1.82) is 0 Å². The van der Waals surface area contributed by atoms with Crippen molar-refractivity contribution in [3.63, 3.8) is 0 Å². The van der Waals surface area contributed by atoms with E-state index in [1.54, 1.807) is 24.3 Å². The molecule has 2 aromatic rings. The Balaban J connectivity index is 0.00000312. The zero-order valence-electron chi connectivity index (χ0n) is 13.9. The summed E-state index contributed by atoms with van der Waals surface area (Å²) in [4.78, 5) is 16.2. The summed E-state index contributed by atoms with van der Waals surface area (Å²) in [6.45, 7) is 0.796. The molecular formula is C15H21ClN4O3S2. The van der Waals surface area contributed by atoms with Gasteiger partial charge in [-0.1, -0.05) is 12.1 Å². The van der Waals surface area contributed by atoms with Gasteiger partial charge in [0.25, 0.3) is 0 Å². The molecule has 0 saturated heterocycles. The van der Waals surface area contributed by atoms with Crippen molar-refractivity contribution < 1.29 is 13.2 Å². The number of benzene rings is 1. The van der Waals surface area contributed by atoms with Gasteiger partial charge in [0.1, 0.15) is 0 Å². The Bertz CT molecular complexity index is 791. The molecule has 0 bridgehead atoms. The first-order valence-corrected chi connectivity index (χ1v) is 10.1. The summed E-state index contributed by atoms with van der Waals surface area (Å²) in [5, 5.41) is 8.18. The molecule has 0 saturated carbocycles. The van der Waals surface area contributed by atoms with Gasteiger partial charge in [0.15, 0.2) is 5.13 Å². The zero-order valence-corrected chi connectivity index (χ0v) is 16.4. The molecule has 0 unspecified atom stereocenters. The fourth-order valence-electron chi connectivity index (χ4n) is 1.99. The molecule has 25 heavy (non-hydrogen) atoms. The first-order valence-electron chi connectivity index (χ1n) is 7.35. The minimum atomic E-state index is -3.29. The second-order valence-corrected chi connectivity index (χ2v) is 7.85. The molecule has 7 nitrogen and oxygen atoms in total. The second-order valence-electron chi connectivity index (χ2n) is 5.24. The van der Waals surface area contributed by atoms with E-state index in [1.165, 1.54) is 11.3 Å². The molecular weight excluding hydrogens is 384 g/mol. The van der Waals surface area contributed by atoms with Crippen molar-refractivity contribution >= 4 is 50.5 Å². The number of carbonyl (C=O) groups is 1. The summed E-state index contributed by atoms with van der Waals surface area (Å²) in [5.74, 6) is -0.0566. The number of hydrogen-bond donors (Lipinski definition) is 3. The molecule has 0 radical (unpaired) electrons. The van der Waals surface area contributed by atoms with Crippen LogP contribution in [-0.4, -0.2) is 39.2 Å². The van der Waals surface area contributed by atoms with Gasteiger partial charge >= 0.3 is 0 Å². The maximum absolute atomic E-state index is 11.8. The van der Waals surface area contributed by atoms with E-state index in [0.717, 1.165) is 30.5 Å². The molecule has 0 fully saturated rings. The Labute approximate surface area is 157 Å². The Morgan fingerprint density at radius 3 is 2.52 bits per heavy atom. The van der Waals surface area contributed by atoms with Crippen LogP contribution in [0.15, 0.2) is 29.6 Å². The number of aromatic nitrogens is 1. The molecule has 1 aromatic carbocycles. The van der Waals surface area contributed by atoms with Gasteiger partial charge in [-0.25, -0.2) is 13.4 Å². The van der Waals surface area contributed by atoms with E-state index in [9.17, 15) is 13.2 Å². The summed E-state index contributed by atoms with van der Waals surface area (Å²) in [7, 11) is -1.44. The summed E-state index contributed by atoms with van der Waals surface area (Å²) in [6.07, 6.45) is 2.32. The van der Waals surface area contributed by atoms with Crippen molar-refractivity contribution in [3.8, 4) is 11.3 Å². The van der Waals surface area contributed by atoms with Crippen LogP contribution in [0.2, 0.25) is 0 Å². The molecule has 2 rings (SSSR count). The van der Waals surface area contributed by atoms with Crippen molar-refractivity contribution in [3.05, 3.63) is 29.6 Å². The maximum atomic E-state index is 11.8. The molecule has 1 amide bonds. The van der Waals surface area contributed by atoms with E-state index < -0.39 is 10.0 Å². The lowest BCUT2D eigenvalue weighted by Crippen LogP contribution is -2.15. The van der Waals surface area contributed by atoms with Crippen LogP contribution in [0.25, 0.3) is 11.3 Å². The second kappa shape index (κ2) is 9.71. The van der Waals surface area contributed by atoms with Gasteiger partial charge in [0.2, 0.25) is 15.9 Å². The van der Waals surface area contributed by atoms with Crippen molar-refractivity contribution in [2.24, 2.45) is 0 Å². The Kier molecular flexibility index (Phi) is 8.30. The fourth-order valence-corrected chi connectivity index (χ4v) is 3.29. The quantitative estimate of drug-likeness (QED) is 0.587. The van der Waals surface area contributed by atoms with Crippen LogP contribution in [0.4, 0.5) is 10.8 Å². The van der Waals surface area contributed by atoms with Crippen molar-refractivity contribution in [2.75, 3.05) is 29.9 Å². The van der Waals surface area contributed by atoms with E-state index in [1.807, 2.05) is 12.4 Å². The third kappa shape index (κ3) is 7.39. The molecule has 0 aliphatic heterocycles. The molecule has 1 heterocycles. The fraction of sp³-hybridized carbons (Fsp3) is 0.333. The van der Waals surface area contributed by atoms with Gasteiger partial charge in [-0.15, -0.1) is 23.7 Å². The standard InChI is InChI=1S/C15H20N4O3S2.ClH/c1-16-9-3-4-14(20)18-15-17-13(10-23-15)11-5-7-12(8-6-11)19-24(2,21)22;/h5-8,10,16,19H,3-4,9H2,1-2H3,(H,17,18,20);1H. The lowest BCUT2D eigenvalue weighted by Gasteiger charge is -2.04. The summed E-state index contributed by atoms with van der Waals surface area (Å²) in [6, 6.07) is 6.90. The van der Waals surface area contributed by atoms with Crippen LogP contribution in [-0.2, 0) is 14.8 Å². The highest BCUT2D eigenvalue weighted by Crippen LogP contribution is 2.26. The number of nitrogens with zero attached hydrogens (tertiary/aromatic N) is 1. The van der Waals surface area contributed by atoms with E-state index in [-0.39, 0.29) is 18.3 Å². The predicted molar refractivity (Wildman–Crippen MR) is 105 cm³/mol. The van der Waals surface area contributed by atoms with E-state index in [4.69, 9.17) is 0 Å². The number of thiazole rings is 1. The topological polar surface area (TPSA) is 100 Å². The number of sulfonamides is 1. The minimum absolute atomic E-state index is 0. The summed E-state index contributed by atoms with van der Waals surface area (Å²) >= 11 is 1.36. The van der Waals surface area contributed by atoms with Crippen LogP contribution in [0.1, 0.15) is 12.8 Å². The lowest BCUT2D eigenvalue weighted by atomic mass is 10.1. The highest BCUT2D eigenvalue weighted by molar-refractivity contribution is 7.92. The Hall–Kier alpha value is -1.68. The van der Waals surface area contributed by atoms with Crippen molar-refractivity contribution in [1.82, 2.24) is 10.3 Å². The van der Waals surface area contributed by atoms with Crippen LogP contribution in [0, 0.1) is 0 Å². The Morgan fingerprint density at radius 2 is 1.92 bits per heavy atom. The minimum Gasteiger partial charge on any atom is -0.320 e. The summed E-state index contributed by atoms with van der Waals surface area (Å²) < 4.78 is 24.8. The highest BCUT2D eigenvalue weighted by atomic mass is 35.5. The number of anilines is 2. The normalized spacial score (nSPS) is 10.8. The number of rotatable bonds is 8. The zero-order chi connectivity index (χ0) is 17.6. The van der Waals surface area contributed by atoms with Gasteiger partial charge in [0, 0.05) is 23.1 Å². The van der Waals surface area contributed by atoms with Crippen LogP contribution >= 0.6 is 23.7 Å². The average molecular weight is 405 g/mol. The van der Waals surface area contributed by atoms with Crippen LogP contribution in [0.5, 0.6) is 0 Å². The number of carbonyl (C=O) groups excluding carboxylic acids is 1. The summed E-state index contributed by atoms with van der Waals surface area (Å²) in [5.41, 5.74) is 2.08. The van der Waals surface area contributed by atoms with Crippen LogP contribution < -0.4 is 15.4 Å². The Morgan fingerprint density at radius 1 is 1.24 bits per heavy atom. The van der Waals surface area contributed by atoms with Gasteiger partial charge in [-0.05, 0) is 32.1 Å². The van der Waals surface area contributed by atoms with Gasteiger partial charge < -0.3 is 10.6 Å². The van der Waals surface area contributed by atoms with Crippen LogP contribution in [0.3, 0.4) is 0 Å². The first-order chi connectivity index (χ1) is 11.4. The smallest absolute Gasteiger partial charge is 0.229 e. The average Bonchev–Trinajstić information content (AvgIpc) is 2.95. The SMILES string of the molecule is CNCCCC(=O)Nc1nc(-c2ccc(NS(C)(=O)=O)cc2)cs1.Cl. The monoisotopic (exact) mass is 404 g/mol. The molecule has 3 N–H and O–H groups in total. The highest BCUT2D eigenvalue weighted by Gasteiger charge is 2.08. The third-order valence-electron chi connectivity index (χ3n) is 3.07. The molecule has 0 atom stereocenters. The third-order valence-corrected chi connectivity index (χ3v) is 4.43. The van der Waals surface area contributed by atoms with Crippen molar-refractivity contribution in [2.45, 2.75) is 12.8 Å². The number of amides is 1. The van der Waals surface area contributed by atoms with E-state index >= 15 is 0 Å². The largest absolute Gasteiger partial charge is 0.320 e. The molecule has 0 aliphatic rings. The number of hydrogen-bond acceptors (Lipinski definition) is 6. The van der Waals surface area contributed by atoms with Gasteiger partial charge in [0.05, 0.1) is 11.9 Å². The lowest BCUT2D eigenvalue weighted by molar-refractivity contribution is -0.116. The first kappa shape index (κ1) is 21.4. The molecule has 0 aliphatic carbocycles. The van der Waals surface area contributed by atoms with E-state index in [2.05, 4.69) is 20.3 Å².